The van der Waals surface area contributed by atoms with Crippen LogP contribution in [0.4, 0.5) is 5.69 Å². The standard InChI is InChI=1S/C13H16IN/c14-9-8-12-4-6-13(7-5-12)15-10-2-1-3-11-15/h4-9H,1-3,10-11H2/b9-8+. The Morgan fingerprint density at radius 2 is 1.67 bits per heavy atom. The Hall–Kier alpha value is -0.510. The molecule has 0 spiro atoms. The third-order valence-electron chi connectivity index (χ3n) is 2.87. The van der Waals surface area contributed by atoms with Gasteiger partial charge in [0.15, 0.2) is 0 Å². The predicted molar refractivity (Wildman–Crippen MR) is 75.6 cm³/mol. The number of benzene rings is 1. The molecule has 1 saturated heterocycles. The molecule has 0 bridgehead atoms. The van der Waals surface area contributed by atoms with Gasteiger partial charge in [0.05, 0.1) is 0 Å². The van der Waals surface area contributed by atoms with Crippen molar-refractivity contribution in [1.82, 2.24) is 0 Å². The zero-order valence-corrected chi connectivity index (χ0v) is 11.0. The zero-order valence-electron chi connectivity index (χ0n) is 8.82. The Balaban J connectivity index is 2.08. The molecule has 0 atom stereocenters. The molecule has 0 radical (unpaired) electrons. The molecule has 0 aliphatic carbocycles. The molecule has 1 aromatic carbocycles. The fourth-order valence-electron chi connectivity index (χ4n) is 2.02. The van der Waals surface area contributed by atoms with E-state index in [0.29, 0.717) is 0 Å². The molecule has 2 heteroatoms. The SMILES string of the molecule is I/C=C/c1ccc(N2CCCCC2)cc1. The summed E-state index contributed by atoms with van der Waals surface area (Å²) in [6.07, 6.45) is 6.21. The van der Waals surface area contributed by atoms with Gasteiger partial charge in [0.25, 0.3) is 0 Å². The van der Waals surface area contributed by atoms with E-state index < -0.39 is 0 Å². The Bertz CT molecular complexity index is 323. The smallest absolute Gasteiger partial charge is 0.0366 e. The van der Waals surface area contributed by atoms with Gasteiger partial charge < -0.3 is 4.90 Å². The van der Waals surface area contributed by atoms with Crippen LogP contribution in [0.3, 0.4) is 0 Å². The molecule has 0 amide bonds. The lowest BCUT2D eigenvalue weighted by atomic mass is 10.1. The summed E-state index contributed by atoms with van der Waals surface area (Å²) in [5.41, 5.74) is 2.66. The molecule has 1 fully saturated rings. The molecule has 0 unspecified atom stereocenters. The van der Waals surface area contributed by atoms with E-state index in [1.54, 1.807) is 0 Å². The molecular weight excluding hydrogens is 297 g/mol. The molecule has 1 heterocycles. The molecule has 80 valence electrons. The first-order valence-electron chi connectivity index (χ1n) is 5.52. The number of hydrogen-bond acceptors (Lipinski definition) is 1. The maximum Gasteiger partial charge on any atom is 0.0366 e. The van der Waals surface area contributed by atoms with Gasteiger partial charge in [-0.3, -0.25) is 0 Å². The van der Waals surface area contributed by atoms with Crippen LogP contribution in [0.1, 0.15) is 24.8 Å². The summed E-state index contributed by atoms with van der Waals surface area (Å²) in [4.78, 5) is 2.49. The van der Waals surface area contributed by atoms with Gasteiger partial charge in [0.1, 0.15) is 0 Å². The zero-order chi connectivity index (χ0) is 10.5. The van der Waals surface area contributed by atoms with Gasteiger partial charge in [0.2, 0.25) is 0 Å². The summed E-state index contributed by atoms with van der Waals surface area (Å²) in [5.74, 6) is 0. The highest BCUT2D eigenvalue weighted by Gasteiger charge is 2.09. The van der Waals surface area contributed by atoms with Crippen molar-refractivity contribution < 1.29 is 0 Å². The Labute approximate surface area is 105 Å². The third kappa shape index (κ3) is 2.97. The molecule has 2 rings (SSSR count). The normalized spacial score (nSPS) is 17.3. The molecule has 15 heavy (non-hydrogen) atoms. The van der Waals surface area contributed by atoms with Crippen LogP contribution in [0.25, 0.3) is 6.08 Å². The monoisotopic (exact) mass is 313 g/mol. The number of piperidine rings is 1. The van der Waals surface area contributed by atoms with Crippen molar-refractivity contribution >= 4 is 34.4 Å². The van der Waals surface area contributed by atoms with E-state index in [1.807, 2.05) is 4.08 Å². The summed E-state index contributed by atoms with van der Waals surface area (Å²) in [6, 6.07) is 8.85. The van der Waals surface area contributed by atoms with E-state index in [0.717, 1.165) is 0 Å². The van der Waals surface area contributed by atoms with Gasteiger partial charge in [-0.25, -0.2) is 0 Å². The second-order valence-electron chi connectivity index (χ2n) is 3.93. The number of rotatable bonds is 2. The lowest BCUT2D eigenvalue weighted by Gasteiger charge is -2.28. The molecule has 1 nitrogen and oxygen atoms in total. The van der Waals surface area contributed by atoms with E-state index in [-0.39, 0.29) is 0 Å². The first kappa shape index (κ1) is 11.0. The van der Waals surface area contributed by atoms with E-state index >= 15 is 0 Å². The first-order valence-corrected chi connectivity index (χ1v) is 6.76. The van der Waals surface area contributed by atoms with Crippen LogP contribution in [0, 0.1) is 0 Å². The van der Waals surface area contributed by atoms with Crippen LogP contribution in [-0.4, -0.2) is 13.1 Å². The quantitative estimate of drug-likeness (QED) is 0.744. The lowest BCUT2D eigenvalue weighted by molar-refractivity contribution is 0.578. The van der Waals surface area contributed by atoms with Crippen molar-refractivity contribution in [2.45, 2.75) is 19.3 Å². The number of anilines is 1. The highest BCUT2D eigenvalue weighted by molar-refractivity contribution is 14.1. The van der Waals surface area contributed by atoms with Gasteiger partial charge in [-0.05, 0) is 47.1 Å². The second kappa shape index (κ2) is 5.54. The van der Waals surface area contributed by atoms with Gasteiger partial charge in [-0.1, -0.05) is 34.7 Å². The Morgan fingerprint density at radius 3 is 2.27 bits per heavy atom. The fraction of sp³-hybridized carbons (Fsp3) is 0.385. The summed E-state index contributed by atoms with van der Waals surface area (Å²) < 4.78 is 2.05. The Morgan fingerprint density at radius 1 is 1.00 bits per heavy atom. The van der Waals surface area contributed by atoms with Crippen molar-refractivity contribution in [3.8, 4) is 0 Å². The highest BCUT2D eigenvalue weighted by atomic mass is 127. The van der Waals surface area contributed by atoms with Crippen molar-refractivity contribution in [2.75, 3.05) is 18.0 Å². The van der Waals surface area contributed by atoms with Crippen LogP contribution in [-0.2, 0) is 0 Å². The topological polar surface area (TPSA) is 3.24 Å². The molecule has 0 saturated carbocycles. The van der Waals surface area contributed by atoms with Gasteiger partial charge in [-0.15, -0.1) is 0 Å². The van der Waals surface area contributed by atoms with Crippen LogP contribution in [0.5, 0.6) is 0 Å². The van der Waals surface area contributed by atoms with Crippen molar-refractivity contribution in [1.29, 1.82) is 0 Å². The minimum absolute atomic E-state index is 1.22. The summed E-state index contributed by atoms with van der Waals surface area (Å²) in [6.45, 7) is 2.45. The van der Waals surface area contributed by atoms with Crippen LogP contribution in [0.2, 0.25) is 0 Å². The van der Waals surface area contributed by atoms with Crippen LogP contribution < -0.4 is 4.90 Å². The van der Waals surface area contributed by atoms with Crippen molar-refractivity contribution in [3.05, 3.63) is 33.9 Å². The minimum atomic E-state index is 1.22. The predicted octanol–water partition coefficient (Wildman–Crippen LogP) is 4.08. The van der Waals surface area contributed by atoms with E-state index in [2.05, 4.69) is 57.8 Å². The third-order valence-corrected chi connectivity index (χ3v) is 3.23. The van der Waals surface area contributed by atoms with Gasteiger partial charge in [0, 0.05) is 18.8 Å². The molecular formula is C13H16IN. The average Bonchev–Trinajstić information content (AvgIpc) is 2.32. The first-order chi connectivity index (χ1) is 7.40. The lowest BCUT2D eigenvalue weighted by Crippen LogP contribution is -2.29. The molecule has 1 aliphatic heterocycles. The highest BCUT2D eigenvalue weighted by Crippen LogP contribution is 2.20. The number of nitrogens with zero attached hydrogens (tertiary/aromatic N) is 1. The van der Waals surface area contributed by atoms with E-state index in [1.165, 1.54) is 43.6 Å². The Kier molecular flexibility index (Phi) is 4.06. The number of halogens is 1. The average molecular weight is 313 g/mol. The van der Waals surface area contributed by atoms with Crippen molar-refractivity contribution in [3.63, 3.8) is 0 Å². The van der Waals surface area contributed by atoms with Gasteiger partial charge >= 0.3 is 0 Å². The van der Waals surface area contributed by atoms with E-state index in [4.69, 9.17) is 0 Å². The van der Waals surface area contributed by atoms with Crippen LogP contribution >= 0.6 is 22.6 Å². The molecule has 0 aromatic heterocycles. The maximum absolute atomic E-state index is 2.49. The summed E-state index contributed by atoms with van der Waals surface area (Å²) in [5, 5.41) is 0. The molecule has 1 aliphatic rings. The van der Waals surface area contributed by atoms with E-state index in [9.17, 15) is 0 Å². The summed E-state index contributed by atoms with van der Waals surface area (Å²) in [7, 11) is 0. The maximum atomic E-state index is 2.49. The van der Waals surface area contributed by atoms with Crippen LogP contribution in [0.15, 0.2) is 28.3 Å². The minimum Gasteiger partial charge on any atom is -0.372 e. The van der Waals surface area contributed by atoms with Crippen molar-refractivity contribution in [2.24, 2.45) is 0 Å². The molecule has 1 aromatic rings. The second-order valence-corrected chi connectivity index (χ2v) is 4.65. The fourth-order valence-corrected chi connectivity index (χ4v) is 2.44. The largest absolute Gasteiger partial charge is 0.372 e. The van der Waals surface area contributed by atoms with Gasteiger partial charge in [-0.2, -0.15) is 0 Å². The summed E-state index contributed by atoms with van der Waals surface area (Å²) >= 11 is 2.25. The number of hydrogen-bond donors (Lipinski definition) is 0. The molecule has 0 N–H and O–H groups in total.